The van der Waals surface area contributed by atoms with Crippen molar-refractivity contribution in [3.63, 3.8) is 0 Å². The van der Waals surface area contributed by atoms with Crippen LogP contribution in [0.25, 0.3) is 0 Å². The van der Waals surface area contributed by atoms with Crippen LogP contribution in [0.5, 0.6) is 0 Å². The highest BCUT2D eigenvalue weighted by Gasteiger charge is 2.30. The van der Waals surface area contributed by atoms with Crippen molar-refractivity contribution in [2.45, 2.75) is 44.8 Å². The number of nitrogens with two attached hydrogens (primary N) is 1. The van der Waals surface area contributed by atoms with Gasteiger partial charge in [0.05, 0.1) is 6.04 Å². The lowest BCUT2D eigenvalue weighted by atomic mass is 9.90. The molecule has 98 valence electrons. The van der Waals surface area contributed by atoms with Crippen molar-refractivity contribution in [3.05, 3.63) is 35.6 Å². The van der Waals surface area contributed by atoms with Gasteiger partial charge in [-0.05, 0) is 32.3 Å². The van der Waals surface area contributed by atoms with Gasteiger partial charge in [-0.2, -0.15) is 0 Å². The van der Waals surface area contributed by atoms with E-state index in [1.54, 1.807) is 30.0 Å². The molecule has 18 heavy (non-hydrogen) atoms. The van der Waals surface area contributed by atoms with Crippen LogP contribution in [0.2, 0.25) is 0 Å². The minimum atomic E-state index is -0.530. The van der Waals surface area contributed by atoms with Crippen LogP contribution in [0.3, 0.4) is 0 Å². The van der Waals surface area contributed by atoms with Gasteiger partial charge in [-0.1, -0.05) is 18.2 Å². The maximum absolute atomic E-state index is 13.6. The van der Waals surface area contributed by atoms with E-state index in [9.17, 15) is 9.18 Å². The van der Waals surface area contributed by atoms with Gasteiger partial charge in [0.2, 0.25) is 5.91 Å². The molecule has 2 rings (SSSR count). The highest BCUT2D eigenvalue weighted by Crippen LogP contribution is 2.27. The second-order valence-corrected chi connectivity index (χ2v) is 4.93. The molecule has 1 aromatic rings. The molecule has 0 aliphatic heterocycles. The highest BCUT2D eigenvalue weighted by atomic mass is 19.1. The van der Waals surface area contributed by atoms with E-state index in [2.05, 4.69) is 0 Å². The number of hydrogen-bond donors (Lipinski definition) is 1. The lowest BCUT2D eigenvalue weighted by Gasteiger charge is -2.38. The third-order valence-corrected chi connectivity index (χ3v) is 3.49. The first-order chi connectivity index (χ1) is 8.59. The lowest BCUT2D eigenvalue weighted by Crippen LogP contribution is -2.49. The summed E-state index contributed by atoms with van der Waals surface area (Å²) in [5.41, 5.74) is 6.21. The summed E-state index contributed by atoms with van der Waals surface area (Å²) in [6, 6.07) is 6.27. The zero-order chi connectivity index (χ0) is 13.1. The summed E-state index contributed by atoms with van der Waals surface area (Å²) in [6.07, 6.45) is 3.12. The van der Waals surface area contributed by atoms with Gasteiger partial charge >= 0.3 is 0 Å². The minimum Gasteiger partial charge on any atom is -0.334 e. The summed E-state index contributed by atoms with van der Waals surface area (Å²) in [6.45, 7) is 1.99. The Morgan fingerprint density at radius 3 is 2.67 bits per heavy atom. The Labute approximate surface area is 107 Å². The molecule has 0 radical (unpaired) electrons. The molecule has 4 heteroatoms. The molecule has 1 aromatic carbocycles. The van der Waals surface area contributed by atoms with E-state index in [0.717, 1.165) is 19.3 Å². The largest absolute Gasteiger partial charge is 0.334 e. The first-order valence-electron chi connectivity index (χ1n) is 6.39. The van der Waals surface area contributed by atoms with E-state index in [4.69, 9.17) is 5.73 Å². The topological polar surface area (TPSA) is 46.3 Å². The van der Waals surface area contributed by atoms with E-state index in [0.29, 0.717) is 12.1 Å². The molecule has 2 N–H and O–H groups in total. The van der Waals surface area contributed by atoms with Crippen LogP contribution in [0.1, 0.15) is 31.7 Å². The van der Waals surface area contributed by atoms with Crippen molar-refractivity contribution in [1.82, 2.24) is 4.90 Å². The lowest BCUT2D eigenvalue weighted by molar-refractivity contribution is -0.137. The van der Waals surface area contributed by atoms with Gasteiger partial charge in [0, 0.05) is 18.2 Å². The number of rotatable bonds is 4. The second kappa shape index (κ2) is 5.48. The molecule has 0 heterocycles. The normalized spacial score (nSPS) is 17.1. The quantitative estimate of drug-likeness (QED) is 0.889. The summed E-state index contributed by atoms with van der Waals surface area (Å²) in [5.74, 6) is -0.359. The van der Waals surface area contributed by atoms with Crippen molar-refractivity contribution >= 4 is 5.91 Å². The Kier molecular flexibility index (Phi) is 3.97. The van der Waals surface area contributed by atoms with E-state index >= 15 is 0 Å². The Balaban J connectivity index is 2.15. The summed E-state index contributed by atoms with van der Waals surface area (Å²) in [7, 11) is 0. The van der Waals surface area contributed by atoms with E-state index in [1.807, 2.05) is 0 Å². The van der Waals surface area contributed by atoms with Gasteiger partial charge in [-0.15, -0.1) is 0 Å². The number of halogens is 1. The van der Waals surface area contributed by atoms with Gasteiger partial charge in [-0.25, -0.2) is 4.39 Å². The Morgan fingerprint density at radius 2 is 2.17 bits per heavy atom. The molecule has 3 nitrogen and oxygen atoms in total. The zero-order valence-electron chi connectivity index (χ0n) is 10.6. The third kappa shape index (κ3) is 2.70. The van der Waals surface area contributed by atoms with E-state index in [-0.39, 0.29) is 17.8 Å². The molecule has 1 aliphatic rings. The minimum absolute atomic E-state index is 0.0945. The summed E-state index contributed by atoms with van der Waals surface area (Å²) in [4.78, 5) is 13.8. The van der Waals surface area contributed by atoms with Gasteiger partial charge < -0.3 is 10.6 Å². The second-order valence-electron chi connectivity index (χ2n) is 4.93. The number of benzene rings is 1. The number of carbonyl (C=O) groups excluding carboxylic acids is 1. The van der Waals surface area contributed by atoms with Crippen LogP contribution in [-0.2, 0) is 11.3 Å². The molecular weight excluding hydrogens is 231 g/mol. The van der Waals surface area contributed by atoms with Gasteiger partial charge in [0.25, 0.3) is 0 Å². The van der Waals surface area contributed by atoms with Gasteiger partial charge in [-0.3, -0.25) is 4.79 Å². The smallest absolute Gasteiger partial charge is 0.239 e. The fourth-order valence-corrected chi connectivity index (χ4v) is 2.16. The highest BCUT2D eigenvalue weighted by molar-refractivity contribution is 5.81. The number of nitrogens with zero attached hydrogens (tertiary/aromatic N) is 1. The first-order valence-corrected chi connectivity index (χ1v) is 6.39. The van der Waals surface area contributed by atoms with Crippen molar-refractivity contribution in [2.75, 3.05) is 0 Å². The average Bonchev–Trinajstić information content (AvgIpc) is 2.27. The van der Waals surface area contributed by atoms with Crippen molar-refractivity contribution in [1.29, 1.82) is 0 Å². The molecule has 0 unspecified atom stereocenters. The molecule has 0 bridgehead atoms. The molecule has 0 saturated heterocycles. The molecule has 0 aromatic heterocycles. The van der Waals surface area contributed by atoms with Crippen LogP contribution in [0, 0.1) is 5.82 Å². The van der Waals surface area contributed by atoms with Crippen molar-refractivity contribution in [2.24, 2.45) is 5.73 Å². The fourth-order valence-electron chi connectivity index (χ4n) is 2.16. The van der Waals surface area contributed by atoms with Crippen LogP contribution in [0.4, 0.5) is 4.39 Å². The standard InChI is InChI=1S/C14H19FN2O/c1-10(16)14(18)17(12-6-4-7-12)9-11-5-2-3-8-13(11)15/h2-3,5,8,10,12H,4,6-7,9,16H2,1H3/t10-/m1/s1. The van der Waals surface area contributed by atoms with Crippen molar-refractivity contribution < 1.29 is 9.18 Å². The summed E-state index contributed by atoms with van der Waals surface area (Å²) < 4.78 is 13.6. The van der Waals surface area contributed by atoms with Crippen LogP contribution in [0.15, 0.2) is 24.3 Å². The summed E-state index contributed by atoms with van der Waals surface area (Å²) >= 11 is 0. The Morgan fingerprint density at radius 1 is 1.50 bits per heavy atom. The maximum atomic E-state index is 13.6. The molecule has 1 aliphatic carbocycles. The predicted molar refractivity (Wildman–Crippen MR) is 68.2 cm³/mol. The van der Waals surface area contributed by atoms with Crippen LogP contribution < -0.4 is 5.73 Å². The van der Waals surface area contributed by atoms with Gasteiger partial charge in [0.15, 0.2) is 0 Å². The van der Waals surface area contributed by atoms with E-state index < -0.39 is 6.04 Å². The Bertz CT molecular complexity index is 430. The SMILES string of the molecule is C[C@@H](N)C(=O)N(Cc1ccccc1F)C1CCC1. The molecule has 1 atom stereocenters. The Hall–Kier alpha value is -1.42. The molecule has 1 fully saturated rings. The predicted octanol–water partition coefficient (Wildman–Crippen LogP) is 2.05. The average molecular weight is 250 g/mol. The molecule has 1 amide bonds. The monoisotopic (exact) mass is 250 g/mol. The number of amides is 1. The van der Waals surface area contributed by atoms with Crippen LogP contribution >= 0.6 is 0 Å². The fraction of sp³-hybridized carbons (Fsp3) is 0.500. The molecular formula is C14H19FN2O. The van der Waals surface area contributed by atoms with E-state index in [1.165, 1.54) is 6.07 Å². The molecule has 0 spiro atoms. The third-order valence-electron chi connectivity index (χ3n) is 3.49. The molecule has 1 saturated carbocycles. The summed E-state index contributed by atoms with van der Waals surface area (Å²) in [5, 5.41) is 0. The maximum Gasteiger partial charge on any atom is 0.239 e. The number of hydrogen-bond acceptors (Lipinski definition) is 2. The zero-order valence-corrected chi connectivity index (χ0v) is 10.6. The number of carbonyl (C=O) groups is 1. The van der Waals surface area contributed by atoms with Crippen LogP contribution in [-0.4, -0.2) is 22.9 Å². The van der Waals surface area contributed by atoms with Gasteiger partial charge in [0.1, 0.15) is 5.82 Å². The van der Waals surface area contributed by atoms with Crippen molar-refractivity contribution in [3.8, 4) is 0 Å². The first kappa shape index (κ1) is 13.0.